The van der Waals surface area contributed by atoms with Crippen molar-refractivity contribution in [1.29, 1.82) is 7.98 Å². The molecule has 190 valence electrons. The summed E-state index contributed by atoms with van der Waals surface area (Å²) in [6, 6.07) is 13.7. The summed E-state index contributed by atoms with van der Waals surface area (Å²) in [5, 5.41) is 0. The summed E-state index contributed by atoms with van der Waals surface area (Å²) >= 11 is -0.550. The molecule has 2 aromatic rings. The zero-order chi connectivity index (χ0) is 23.9. The first-order chi connectivity index (χ1) is 14.5. The summed E-state index contributed by atoms with van der Waals surface area (Å²) in [7, 11) is 0. The molecule has 0 bridgehead atoms. The van der Waals surface area contributed by atoms with Gasteiger partial charge in [-0.15, -0.1) is 34.0 Å². The molecule has 0 saturated carbocycles. The van der Waals surface area contributed by atoms with E-state index in [0.29, 0.717) is 23.7 Å². The van der Waals surface area contributed by atoms with Gasteiger partial charge in [0.25, 0.3) is 0 Å². The summed E-state index contributed by atoms with van der Waals surface area (Å²) in [6.07, 6.45) is 0. The Balaban J connectivity index is 0. The van der Waals surface area contributed by atoms with E-state index in [1.807, 2.05) is 0 Å². The SMILES string of the molecule is Br.Br.CC(=C(C)c1c(C(C)C)cccc1C(C)C)c1c(C(C)C)cccc1C(C)C.[NH]=[Pd]=[NH]. The molecule has 0 amide bonds. The van der Waals surface area contributed by atoms with E-state index in [-0.39, 0.29) is 34.0 Å². The molecule has 0 saturated heterocycles. The monoisotopic (exact) mass is 672 g/mol. The molecular formula is C28H44Br2N2Pd. The average molecular weight is 675 g/mol. The summed E-state index contributed by atoms with van der Waals surface area (Å²) < 4.78 is 11.8. The van der Waals surface area contributed by atoms with Gasteiger partial charge in [0.15, 0.2) is 0 Å². The molecular weight excluding hydrogens is 631 g/mol. The van der Waals surface area contributed by atoms with E-state index >= 15 is 0 Å². The summed E-state index contributed by atoms with van der Waals surface area (Å²) in [5.74, 6) is 2.06. The maximum absolute atomic E-state index is 5.92. The van der Waals surface area contributed by atoms with Crippen LogP contribution in [0.2, 0.25) is 0 Å². The van der Waals surface area contributed by atoms with Gasteiger partial charge in [0.05, 0.1) is 0 Å². The van der Waals surface area contributed by atoms with Crippen LogP contribution in [0.4, 0.5) is 0 Å². The van der Waals surface area contributed by atoms with Crippen LogP contribution < -0.4 is 0 Å². The van der Waals surface area contributed by atoms with Crippen molar-refractivity contribution in [3.63, 3.8) is 0 Å². The van der Waals surface area contributed by atoms with E-state index < -0.39 is 17.6 Å². The van der Waals surface area contributed by atoms with E-state index in [1.54, 1.807) is 0 Å². The predicted molar refractivity (Wildman–Crippen MR) is 153 cm³/mol. The minimum atomic E-state index is -0.550. The van der Waals surface area contributed by atoms with Gasteiger partial charge in [0.2, 0.25) is 0 Å². The average Bonchev–Trinajstić information content (AvgIpc) is 2.71. The molecule has 0 atom stereocenters. The molecule has 0 unspecified atom stereocenters. The van der Waals surface area contributed by atoms with Gasteiger partial charge >= 0.3 is 25.6 Å². The molecule has 33 heavy (non-hydrogen) atoms. The fourth-order valence-corrected chi connectivity index (χ4v) is 4.34. The molecule has 0 spiro atoms. The van der Waals surface area contributed by atoms with Gasteiger partial charge in [-0.3, -0.25) is 0 Å². The van der Waals surface area contributed by atoms with Crippen LogP contribution in [0.3, 0.4) is 0 Å². The van der Waals surface area contributed by atoms with E-state index in [4.69, 9.17) is 7.98 Å². The first-order valence-corrected chi connectivity index (χ1v) is 12.9. The van der Waals surface area contributed by atoms with Crippen molar-refractivity contribution in [2.24, 2.45) is 0 Å². The van der Waals surface area contributed by atoms with Crippen LogP contribution in [0.1, 0.15) is 126 Å². The van der Waals surface area contributed by atoms with Crippen LogP contribution in [0.15, 0.2) is 36.4 Å². The van der Waals surface area contributed by atoms with Crippen LogP contribution >= 0.6 is 34.0 Å². The molecule has 0 heterocycles. The van der Waals surface area contributed by atoms with Crippen molar-refractivity contribution in [1.82, 2.24) is 0 Å². The number of hydrogen-bond acceptors (Lipinski definition) is 2. The standard InChI is InChI=1S/C28H40.2BrH.2HN.Pd/c1-17(2)23-13-11-14-24(18(3)4)27(23)21(9)22(10)28-25(19(5)6)15-12-16-26(28)20(7)8;;;;;/h11-20H,1-10H3;4*1H;. The Morgan fingerprint density at radius 3 is 0.879 bits per heavy atom. The Hall–Kier alpha value is -0.598. The second-order valence-electron chi connectivity index (χ2n) is 9.57. The van der Waals surface area contributed by atoms with Gasteiger partial charge in [-0.2, -0.15) is 0 Å². The van der Waals surface area contributed by atoms with E-state index in [1.165, 1.54) is 44.5 Å². The van der Waals surface area contributed by atoms with Gasteiger partial charge in [-0.1, -0.05) is 91.8 Å². The van der Waals surface area contributed by atoms with Crippen molar-refractivity contribution in [2.75, 3.05) is 0 Å². The molecule has 0 radical (unpaired) electrons. The topological polar surface area (TPSA) is 47.7 Å². The Labute approximate surface area is 232 Å². The first-order valence-electron chi connectivity index (χ1n) is 11.3. The Morgan fingerprint density at radius 1 is 0.545 bits per heavy atom. The van der Waals surface area contributed by atoms with Crippen molar-refractivity contribution in [3.8, 4) is 0 Å². The molecule has 0 aromatic heterocycles. The third-order valence-corrected chi connectivity index (χ3v) is 6.06. The van der Waals surface area contributed by atoms with Crippen LogP contribution in [-0.2, 0) is 17.6 Å². The summed E-state index contributed by atoms with van der Waals surface area (Å²) in [5.41, 5.74) is 11.7. The minimum absolute atomic E-state index is 0. The third kappa shape index (κ3) is 8.84. The normalized spacial score (nSPS) is 11.7. The number of nitrogens with one attached hydrogen (secondary N) is 2. The van der Waals surface area contributed by atoms with Crippen LogP contribution in [-0.4, -0.2) is 0 Å². The molecule has 0 aliphatic heterocycles. The van der Waals surface area contributed by atoms with Gasteiger partial charge in [-0.25, -0.2) is 0 Å². The van der Waals surface area contributed by atoms with Gasteiger partial charge in [0, 0.05) is 0 Å². The maximum atomic E-state index is 5.92. The zero-order valence-corrected chi connectivity index (χ0v) is 26.9. The first kappa shape index (κ1) is 34.6. The Morgan fingerprint density at radius 2 is 0.727 bits per heavy atom. The van der Waals surface area contributed by atoms with Gasteiger partial charge in [-0.05, 0) is 82.0 Å². The molecule has 2 N–H and O–H groups in total. The number of allylic oxidation sites excluding steroid dienone is 2. The van der Waals surface area contributed by atoms with Crippen LogP contribution in [0.25, 0.3) is 11.1 Å². The summed E-state index contributed by atoms with van der Waals surface area (Å²) in [4.78, 5) is 0. The second kappa shape index (κ2) is 16.1. The summed E-state index contributed by atoms with van der Waals surface area (Å²) in [6.45, 7) is 23.2. The molecule has 2 nitrogen and oxygen atoms in total. The van der Waals surface area contributed by atoms with Crippen molar-refractivity contribution >= 4 is 45.1 Å². The van der Waals surface area contributed by atoms with E-state index in [9.17, 15) is 0 Å². The zero-order valence-electron chi connectivity index (χ0n) is 21.9. The molecule has 0 aliphatic carbocycles. The fourth-order valence-electron chi connectivity index (χ4n) is 4.34. The molecule has 5 heteroatoms. The van der Waals surface area contributed by atoms with Crippen molar-refractivity contribution < 1.29 is 17.6 Å². The second-order valence-corrected chi connectivity index (χ2v) is 9.96. The number of benzene rings is 2. The fraction of sp³-hybridized carbons (Fsp3) is 0.500. The van der Waals surface area contributed by atoms with Crippen LogP contribution in [0.5, 0.6) is 0 Å². The number of halogens is 2. The Kier molecular flexibility index (Phi) is 16.9. The molecule has 2 aromatic carbocycles. The molecule has 0 fully saturated rings. The van der Waals surface area contributed by atoms with Crippen molar-refractivity contribution in [2.45, 2.75) is 92.9 Å². The quantitative estimate of drug-likeness (QED) is 0.226. The van der Waals surface area contributed by atoms with E-state index in [2.05, 4.69) is 106 Å². The number of hydrogen-bond donors (Lipinski definition) is 2. The van der Waals surface area contributed by atoms with Gasteiger partial charge < -0.3 is 0 Å². The molecule has 2 rings (SSSR count). The third-order valence-electron chi connectivity index (χ3n) is 6.06. The molecule has 0 aliphatic rings. The predicted octanol–water partition coefficient (Wildman–Crippen LogP) is 10.9. The number of rotatable bonds is 6. The van der Waals surface area contributed by atoms with Crippen molar-refractivity contribution in [3.05, 3.63) is 69.8 Å². The van der Waals surface area contributed by atoms with Crippen LogP contribution in [0, 0.1) is 7.98 Å². The Bertz CT molecular complexity index is 830. The van der Waals surface area contributed by atoms with E-state index in [0.717, 1.165) is 0 Å². The van der Waals surface area contributed by atoms with Gasteiger partial charge in [0.1, 0.15) is 0 Å².